The number of aliphatic hydroxyl groups is 1. The SMILES string of the molecule is O=C(Nc1nccs1)C1=C(O)C2C(=O)CCCC2N=C1. The van der Waals surface area contributed by atoms with Crippen molar-refractivity contribution in [2.24, 2.45) is 10.9 Å². The normalized spacial score (nSPS) is 25.5. The molecule has 0 spiro atoms. The van der Waals surface area contributed by atoms with Crippen molar-refractivity contribution >= 4 is 34.4 Å². The van der Waals surface area contributed by atoms with Gasteiger partial charge in [0, 0.05) is 24.2 Å². The highest BCUT2D eigenvalue weighted by atomic mass is 32.1. The molecule has 1 aliphatic heterocycles. The maximum Gasteiger partial charge on any atom is 0.262 e. The number of ketones is 1. The van der Waals surface area contributed by atoms with Crippen molar-refractivity contribution in [1.29, 1.82) is 0 Å². The van der Waals surface area contributed by atoms with Gasteiger partial charge in [0.05, 0.1) is 17.5 Å². The van der Waals surface area contributed by atoms with Crippen LogP contribution in [0.5, 0.6) is 0 Å². The van der Waals surface area contributed by atoms with Crippen LogP contribution in [0.2, 0.25) is 0 Å². The van der Waals surface area contributed by atoms with E-state index in [1.54, 1.807) is 11.6 Å². The Morgan fingerprint density at radius 2 is 2.35 bits per heavy atom. The van der Waals surface area contributed by atoms with Gasteiger partial charge in [0.1, 0.15) is 11.5 Å². The summed E-state index contributed by atoms with van der Waals surface area (Å²) in [4.78, 5) is 32.2. The molecule has 1 saturated carbocycles. The Morgan fingerprint density at radius 1 is 1.50 bits per heavy atom. The molecule has 20 heavy (non-hydrogen) atoms. The molecule has 0 saturated heterocycles. The third-order valence-electron chi connectivity index (χ3n) is 3.52. The molecule has 2 heterocycles. The van der Waals surface area contributed by atoms with Gasteiger partial charge >= 0.3 is 0 Å². The number of aromatic nitrogens is 1. The van der Waals surface area contributed by atoms with Gasteiger partial charge < -0.3 is 5.11 Å². The summed E-state index contributed by atoms with van der Waals surface area (Å²) >= 11 is 1.28. The minimum atomic E-state index is -0.661. The van der Waals surface area contributed by atoms with Crippen LogP contribution >= 0.6 is 11.3 Å². The molecule has 2 atom stereocenters. The topological polar surface area (TPSA) is 91.6 Å². The molecule has 1 amide bonds. The molecule has 1 aromatic heterocycles. The number of hydrogen-bond acceptors (Lipinski definition) is 6. The van der Waals surface area contributed by atoms with Gasteiger partial charge in [-0.1, -0.05) is 0 Å². The number of aliphatic hydroxyl groups excluding tert-OH is 1. The van der Waals surface area contributed by atoms with Crippen molar-refractivity contribution in [3.05, 3.63) is 22.9 Å². The first-order valence-electron chi connectivity index (χ1n) is 6.36. The van der Waals surface area contributed by atoms with E-state index in [-0.39, 0.29) is 23.2 Å². The number of anilines is 1. The van der Waals surface area contributed by atoms with Crippen LogP contribution in [0.25, 0.3) is 0 Å². The van der Waals surface area contributed by atoms with Crippen LogP contribution in [0.1, 0.15) is 19.3 Å². The predicted octanol–water partition coefficient (Wildman–Crippen LogP) is 1.72. The zero-order valence-corrected chi connectivity index (χ0v) is 11.4. The smallest absolute Gasteiger partial charge is 0.262 e. The number of rotatable bonds is 2. The predicted molar refractivity (Wildman–Crippen MR) is 75.0 cm³/mol. The van der Waals surface area contributed by atoms with Gasteiger partial charge in [0.25, 0.3) is 5.91 Å². The highest BCUT2D eigenvalue weighted by molar-refractivity contribution is 7.13. The highest BCUT2D eigenvalue weighted by Gasteiger charge is 2.39. The molecule has 0 bridgehead atoms. The van der Waals surface area contributed by atoms with Crippen LogP contribution in [0.3, 0.4) is 0 Å². The molecule has 1 fully saturated rings. The number of thiazole rings is 1. The van der Waals surface area contributed by atoms with E-state index in [0.717, 1.165) is 12.8 Å². The van der Waals surface area contributed by atoms with Gasteiger partial charge in [-0.05, 0) is 12.8 Å². The number of nitrogens with zero attached hydrogens (tertiary/aromatic N) is 2. The summed E-state index contributed by atoms with van der Waals surface area (Å²) in [5.41, 5.74) is 0.0525. The molecule has 2 N–H and O–H groups in total. The van der Waals surface area contributed by atoms with Crippen LogP contribution in [0, 0.1) is 5.92 Å². The van der Waals surface area contributed by atoms with Crippen molar-refractivity contribution in [2.75, 3.05) is 5.32 Å². The Hall–Kier alpha value is -2.02. The maximum absolute atomic E-state index is 12.1. The molecule has 3 rings (SSSR count). The van der Waals surface area contributed by atoms with Crippen molar-refractivity contribution in [3.8, 4) is 0 Å². The van der Waals surface area contributed by atoms with E-state index in [4.69, 9.17) is 0 Å². The largest absolute Gasteiger partial charge is 0.511 e. The molecule has 104 valence electrons. The van der Waals surface area contributed by atoms with Crippen LogP contribution in [-0.4, -0.2) is 34.0 Å². The molecule has 6 nitrogen and oxygen atoms in total. The van der Waals surface area contributed by atoms with Crippen LogP contribution < -0.4 is 5.32 Å². The summed E-state index contributed by atoms with van der Waals surface area (Å²) in [6, 6.07) is -0.229. The van der Waals surface area contributed by atoms with Crippen LogP contribution in [-0.2, 0) is 9.59 Å². The molecular formula is C13H13N3O3S. The van der Waals surface area contributed by atoms with E-state index in [9.17, 15) is 14.7 Å². The van der Waals surface area contributed by atoms with E-state index in [1.807, 2.05) is 0 Å². The first kappa shape index (κ1) is 13.0. The Morgan fingerprint density at radius 3 is 3.10 bits per heavy atom. The number of amides is 1. The van der Waals surface area contributed by atoms with E-state index >= 15 is 0 Å². The Bertz CT molecular complexity index is 606. The summed E-state index contributed by atoms with van der Waals surface area (Å²) < 4.78 is 0. The van der Waals surface area contributed by atoms with Crippen LogP contribution in [0.4, 0.5) is 5.13 Å². The summed E-state index contributed by atoms with van der Waals surface area (Å²) in [5, 5.41) is 15.0. The fraction of sp³-hybridized carbons (Fsp3) is 0.385. The number of Topliss-reactive ketones (excluding diaryl/α,β-unsaturated/α-hetero) is 1. The van der Waals surface area contributed by atoms with Gasteiger partial charge in [-0.2, -0.15) is 0 Å². The van der Waals surface area contributed by atoms with E-state index < -0.39 is 11.8 Å². The Balaban J connectivity index is 1.85. The van der Waals surface area contributed by atoms with Gasteiger partial charge in [-0.3, -0.25) is 19.9 Å². The Kier molecular flexibility index (Phi) is 3.35. The minimum Gasteiger partial charge on any atom is -0.511 e. The van der Waals surface area contributed by atoms with E-state index in [0.29, 0.717) is 11.6 Å². The molecule has 1 aromatic rings. The molecule has 0 aromatic carbocycles. The van der Waals surface area contributed by atoms with Gasteiger partial charge in [-0.15, -0.1) is 11.3 Å². The Labute approximate surface area is 119 Å². The molecular weight excluding hydrogens is 278 g/mol. The van der Waals surface area contributed by atoms with Gasteiger partial charge in [0.2, 0.25) is 0 Å². The number of carbonyl (C=O) groups excluding carboxylic acids is 2. The molecule has 2 unspecified atom stereocenters. The number of nitrogens with one attached hydrogen (secondary N) is 1. The second kappa shape index (κ2) is 5.16. The lowest BCUT2D eigenvalue weighted by molar-refractivity contribution is -0.124. The summed E-state index contributed by atoms with van der Waals surface area (Å²) in [7, 11) is 0. The van der Waals surface area contributed by atoms with E-state index in [2.05, 4.69) is 15.3 Å². The first-order chi connectivity index (χ1) is 9.66. The quantitative estimate of drug-likeness (QED) is 0.867. The van der Waals surface area contributed by atoms with Gasteiger partial charge in [0.15, 0.2) is 5.13 Å². The fourth-order valence-electron chi connectivity index (χ4n) is 2.55. The third-order valence-corrected chi connectivity index (χ3v) is 4.21. The molecule has 7 heteroatoms. The second-order valence-corrected chi connectivity index (χ2v) is 5.67. The van der Waals surface area contributed by atoms with Crippen molar-refractivity contribution < 1.29 is 14.7 Å². The number of carbonyl (C=O) groups is 2. The van der Waals surface area contributed by atoms with Crippen molar-refractivity contribution in [2.45, 2.75) is 25.3 Å². The molecule has 2 aliphatic rings. The number of fused-ring (bicyclic) bond motifs is 1. The number of dihydropyridines is 1. The lowest BCUT2D eigenvalue weighted by atomic mass is 9.80. The first-order valence-corrected chi connectivity index (χ1v) is 7.24. The molecule has 0 radical (unpaired) electrons. The number of hydrogen-bond donors (Lipinski definition) is 2. The summed E-state index contributed by atoms with van der Waals surface area (Å²) in [6.07, 6.45) is 4.91. The van der Waals surface area contributed by atoms with Crippen molar-refractivity contribution in [1.82, 2.24) is 4.98 Å². The average molecular weight is 291 g/mol. The fourth-order valence-corrected chi connectivity index (χ4v) is 3.07. The zero-order chi connectivity index (χ0) is 14.1. The molecule has 1 aliphatic carbocycles. The third kappa shape index (κ3) is 2.24. The zero-order valence-electron chi connectivity index (χ0n) is 10.6. The average Bonchev–Trinajstić information content (AvgIpc) is 2.91. The summed E-state index contributed by atoms with van der Waals surface area (Å²) in [5.74, 6) is -1.36. The second-order valence-electron chi connectivity index (χ2n) is 4.77. The monoisotopic (exact) mass is 291 g/mol. The van der Waals surface area contributed by atoms with Gasteiger partial charge in [-0.25, -0.2) is 4.98 Å². The minimum absolute atomic E-state index is 0.0462. The van der Waals surface area contributed by atoms with Crippen LogP contribution in [0.15, 0.2) is 27.9 Å². The lowest BCUT2D eigenvalue weighted by Gasteiger charge is -2.30. The van der Waals surface area contributed by atoms with Crippen molar-refractivity contribution in [3.63, 3.8) is 0 Å². The number of aliphatic imine (C=N–C) groups is 1. The summed E-state index contributed by atoms with van der Waals surface area (Å²) in [6.45, 7) is 0. The highest BCUT2D eigenvalue weighted by Crippen LogP contribution is 2.32. The maximum atomic E-state index is 12.1. The standard InChI is InChI=1S/C13H13N3O3S/c17-9-3-1-2-8-10(9)11(18)7(6-15-8)12(19)16-13-14-4-5-20-13/h4-6,8,10,18H,1-3H2,(H,14,16,19). The lowest BCUT2D eigenvalue weighted by Crippen LogP contribution is -2.37. The van der Waals surface area contributed by atoms with E-state index in [1.165, 1.54) is 17.6 Å².